The van der Waals surface area contributed by atoms with Gasteiger partial charge in [-0.1, -0.05) is 25.0 Å². The molecule has 3 atom stereocenters. The van der Waals surface area contributed by atoms with E-state index in [-0.39, 0.29) is 12.1 Å². The van der Waals surface area contributed by atoms with E-state index in [0.29, 0.717) is 6.61 Å². The van der Waals surface area contributed by atoms with Crippen molar-refractivity contribution < 1.29 is 14.2 Å². The summed E-state index contributed by atoms with van der Waals surface area (Å²) >= 11 is 0. The number of rotatable bonds is 7. The van der Waals surface area contributed by atoms with Crippen LogP contribution in [0.3, 0.4) is 0 Å². The molecule has 1 heterocycles. The maximum absolute atomic E-state index is 9.82. The van der Waals surface area contributed by atoms with E-state index < -0.39 is 6.17 Å². The molecule has 2 radical (unpaired) electrons. The first-order chi connectivity index (χ1) is 10.7. The van der Waals surface area contributed by atoms with E-state index >= 15 is 0 Å². The van der Waals surface area contributed by atoms with Gasteiger partial charge >= 0.3 is 0 Å². The number of hydrogen-bond donors (Lipinski definition) is 1. The lowest BCUT2D eigenvalue weighted by Crippen LogP contribution is -2.40. The number of hydrogen-bond acceptors (Lipinski definition) is 4. The Morgan fingerprint density at radius 1 is 1.18 bits per heavy atom. The molecule has 0 bridgehead atoms. The predicted molar refractivity (Wildman–Crippen MR) is 85.2 cm³/mol. The smallest absolute Gasteiger partial charge is 0.161 e. The van der Waals surface area contributed by atoms with E-state index in [9.17, 15) is 5.73 Å². The minimum Gasteiger partial charge on any atom is -0.493 e. The van der Waals surface area contributed by atoms with Gasteiger partial charge < -0.3 is 14.2 Å². The van der Waals surface area contributed by atoms with Crippen molar-refractivity contribution in [2.24, 2.45) is 0 Å². The van der Waals surface area contributed by atoms with Crippen molar-refractivity contribution in [2.45, 2.75) is 50.4 Å². The normalized spacial score (nSPS) is 23.6. The fourth-order valence-electron chi connectivity index (χ4n) is 2.82. The van der Waals surface area contributed by atoms with Crippen LogP contribution in [-0.2, 0) is 4.74 Å². The molecular formula is C17H26N2O3. The van der Waals surface area contributed by atoms with E-state index in [2.05, 4.69) is 5.32 Å². The Morgan fingerprint density at radius 3 is 2.64 bits per heavy atom. The highest BCUT2D eigenvalue weighted by Crippen LogP contribution is 2.26. The SMILES string of the molecule is COc1ccccc1OCC(CC1CCCCC([N])N1)OC. The Balaban J connectivity index is 1.86. The van der Waals surface area contributed by atoms with Crippen molar-refractivity contribution in [3.63, 3.8) is 0 Å². The molecule has 22 heavy (non-hydrogen) atoms. The molecule has 1 aromatic carbocycles. The van der Waals surface area contributed by atoms with E-state index in [4.69, 9.17) is 14.2 Å². The molecule has 1 aliphatic heterocycles. The first-order valence-electron chi connectivity index (χ1n) is 7.95. The van der Waals surface area contributed by atoms with Crippen LogP contribution < -0.4 is 20.5 Å². The summed E-state index contributed by atoms with van der Waals surface area (Å²) < 4.78 is 16.7. The van der Waals surface area contributed by atoms with Crippen molar-refractivity contribution in [1.82, 2.24) is 11.1 Å². The van der Waals surface area contributed by atoms with Crippen LogP contribution in [0.15, 0.2) is 24.3 Å². The van der Waals surface area contributed by atoms with Gasteiger partial charge in [0.25, 0.3) is 0 Å². The first-order valence-corrected chi connectivity index (χ1v) is 7.95. The molecule has 1 N–H and O–H groups in total. The lowest BCUT2D eigenvalue weighted by Gasteiger charge is -2.24. The third kappa shape index (κ3) is 5.16. The summed E-state index contributed by atoms with van der Waals surface area (Å²) in [6, 6.07) is 7.86. The fourth-order valence-corrected chi connectivity index (χ4v) is 2.82. The van der Waals surface area contributed by atoms with Crippen LogP contribution in [0.1, 0.15) is 32.1 Å². The van der Waals surface area contributed by atoms with Crippen LogP contribution in [0.25, 0.3) is 0 Å². The Kier molecular flexibility index (Phi) is 6.96. The second-order valence-electron chi connectivity index (χ2n) is 5.72. The van der Waals surface area contributed by atoms with Gasteiger partial charge in [-0.3, -0.25) is 5.32 Å². The topological polar surface area (TPSA) is 62.0 Å². The molecule has 0 aliphatic carbocycles. The van der Waals surface area contributed by atoms with Crippen molar-refractivity contribution in [3.8, 4) is 11.5 Å². The van der Waals surface area contributed by atoms with Gasteiger partial charge in [-0.2, -0.15) is 0 Å². The minimum atomic E-state index is -0.403. The van der Waals surface area contributed by atoms with Crippen LogP contribution >= 0.6 is 0 Å². The quantitative estimate of drug-likeness (QED) is 0.840. The van der Waals surface area contributed by atoms with Crippen LogP contribution in [0.4, 0.5) is 0 Å². The van der Waals surface area contributed by atoms with Gasteiger partial charge in [-0.05, 0) is 31.4 Å². The maximum atomic E-state index is 9.82. The van der Waals surface area contributed by atoms with Gasteiger partial charge in [-0.25, -0.2) is 0 Å². The minimum absolute atomic E-state index is 0.0206. The molecule has 2 rings (SSSR count). The van der Waals surface area contributed by atoms with Crippen LogP contribution in [0.5, 0.6) is 11.5 Å². The summed E-state index contributed by atoms with van der Waals surface area (Å²) in [7, 11) is 3.33. The molecule has 0 aromatic heterocycles. The summed E-state index contributed by atoms with van der Waals surface area (Å²) in [6.45, 7) is 0.463. The van der Waals surface area contributed by atoms with Gasteiger partial charge in [0.15, 0.2) is 11.5 Å². The third-order valence-electron chi connectivity index (χ3n) is 4.08. The molecular weight excluding hydrogens is 280 g/mol. The largest absolute Gasteiger partial charge is 0.493 e. The average molecular weight is 306 g/mol. The lowest BCUT2D eigenvalue weighted by atomic mass is 10.0. The molecule has 122 valence electrons. The van der Waals surface area contributed by atoms with E-state index in [1.54, 1.807) is 14.2 Å². The number of benzene rings is 1. The average Bonchev–Trinajstić information content (AvgIpc) is 2.75. The second-order valence-corrected chi connectivity index (χ2v) is 5.72. The first kappa shape index (κ1) is 17.1. The van der Waals surface area contributed by atoms with Gasteiger partial charge in [0.1, 0.15) is 6.61 Å². The molecule has 0 spiro atoms. The van der Waals surface area contributed by atoms with Gasteiger partial charge in [0.2, 0.25) is 0 Å². The summed E-state index contributed by atoms with van der Waals surface area (Å²) in [5, 5.41) is 3.26. The zero-order valence-corrected chi connectivity index (χ0v) is 13.5. The zero-order valence-electron chi connectivity index (χ0n) is 13.5. The maximum Gasteiger partial charge on any atom is 0.161 e. The van der Waals surface area contributed by atoms with Crippen molar-refractivity contribution in [1.29, 1.82) is 0 Å². The van der Waals surface area contributed by atoms with E-state index in [0.717, 1.165) is 43.6 Å². The number of ether oxygens (including phenoxy) is 3. The standard InChI is InChI=1S/C17H26N2O3/c1-20-14(11-13-7-3-6-10-17(18)19-13)12-22-16-9-5-4-8-15(16)21-2/h4-5,8-9,13-14,17,19H,3,6-7,10-12H2,1-2H3. The highest BCUT2D eigenvalue weighted by molar-refractivity contribution is 5.39. The van der Waals surface area contributed by atoms with E-state index in [1.165, 1.54) is 0 Å². The summed E-state index contributed by atoms with van der Waals surface area (Å²) in [6.07, 6.45) is 4.49. The fraction of sp³-hybridized carbons (Fsp3) is 0.647. The molecule has 0 saturated carbocycles. The van der Waals surface area contributed by atoms with Gasteiger partial charge in [0, 0.05) is 13.2 Å². The number of nitrogens with zero attached hydrogens (tertiary/aromatic N) is 1. The molecule has 0 amide bonds. The lowest BCUT2D eigenvalue weighted by molar-refractivity contribution is 0.0424. The van der Waals surface area contributed by atoms with Crippen LogP contribution in [0, 0.1) is 0 Å². The molecule has 1 aliphatic rings. The van der Waals surface area contributed by atoms with Crippen LogP contribution in [-0.4, -0.2) is 39.1 Å². The molecule has 3 unspecified atom stereocenters. The van der Waals surface area contributed by atoms with Gasteiger partial charge in [0.05, 0.1) is 19.4 Å². The molecule has 1 fully saturated rings. The molecule has 1 saturated heterocycles. The number of methoxy groups -OCH3 is 2. The van der Waals surface area contributed by atoms with Crippen molar-refractivity contribution in [3.05, 3.63) is 24.3 Å². The summed E-state index contributed by atoms with van der Waals surface area (Å²) in [4.78, 5) is 0. The molecule has 5 heteroatoms. The Bertz CT molecular complexity index is 442. The number of nitrogens with one attached hydrogen (secondary N) is 1. The monoisotopic (exact) mass is 306 g/mol. The molecule has 1 aromatic rings. The third-order valence-corrected chi connectivity index (χ3v) is 4.08. The second kappa shape index (κ2) is 8.98. The van der Waals surface area contributed by atoms with Gasteiger partial charge in [-0.15, -0.1) is 5.73 Å². The number of para-hydroxylation sites is 2. The van der Waals surface area contributed by atoms with Crippen molar-refractivity contribution >= 4 is 0 Å². The summed E-state index contributed by atoms with van der Waals surface area (Å²) in [5.41, 5.74) is 9.82. The van der Waals surface area contributed by atoms with Crippen LogP contribution in [0.2, 0.25) is 0 Å². The summed E-state index contributed by atoms with van der Waals surface area (Å²) in [5.74, 6) is 1.45. The van der Waals surface area contributed by atoms with Crippen molar-refractivity contribution in [2.75, 3.05) is 20.8 Å². The molecule has 5 nitrogen and oxygen atoms in total. The highest BCUT2D eigenvalue weighted by atomic mass is 16.5. The Morgan fingerprint density at radius 2 is 1.91 bits per heavy atom. The van der Waals surface area contributed by atoms with E-state index in [1.807, 2.05) is 24.3 Å². The zero-order chi connectivity index (χ0) is 15.8. The predicted octanol–water partition coefficient (Wildman–Crippen LogP) is 2.41. The Labute approximate surface area is 133 Å². The Hall–Kier alpha value is -1.30. The highest BCUT2D eigenvalue weighted by Gasteiger charge is 2.22.